The average molecular weight is 503 g/mol. The number of methoxy groups -OCH3 is 1. The van der Waals surface area contributed by atoms with Gasteiger partial charge in [-0.1, -0.05) is 17.7 Å². The first-order valence-corrected chi connectivity index (χ1v) is 12.7. The van der Waals surface area contributed by atoms with Crippen molar-refractivity contribution in [3.05, 3.63) is 76.6 Å². The van der Waals surface area contributed by atoms with Crippen molar-refractivity contribution in [3.8, 4) is 11.4 Å². The molecule has 1 aromatic heterocycles. The number of carbonyl (C=O) groups excluding carboxylic acids is 1. The van der Waals surface area contributed by atoms with Gasteiger partial charge >= 0.3 is 0 Å². The van der Waals surface area contributed by atoms with Crippen LogP contribution < -0.4 is 14.5 Å². The summed E-state index contributed by atoms with van der Waals surface area (Å²) in [5, 5.41) is 4.70. The van der Waals surface area contributed by atoms with E-state index < -0.39 is 22.0 Å². The Labute approximate surface area is 204 Å². The Kier molecular flexibility index (Phi) is 7.68. The van der Waals surface area contributed by atoms with Gasteiger partial charge in [0.2, 0.25) is 10.0 Å². The number of ether oxygens (including phenoxy) is 1. The van der Waals surface area contributed by atoms with Crippen molar-refractivity contribution in [2.45, 2.75) is 26.8 Å². The Bertz CT molecular complexity index is 1320. The second kappa shape index (κ2) is 10.3. The molecule has 0 fully saturated rings. The Morgan fingerprint density at radius 1 is 1.18 bits per heavy atom. The number of anilines is 1. The number of amides is 1. The molecule has 1 unspecified atom stereocenters. The molecule has 3 rings (SSSR count). The first kappa shape index (κ1) is 25.3. The Morgan fingerprint density at radius 2 is 1.85 bits per heavy atom. The van der Waals surface area contributed by atoms with Crippen molar-refractivity contribution in [2.24, 2.45) is 5.10 Å². The minimum absolute atomic E-state index is 0.347. The van der Waals surface area contributed by atoms with Crippen LogP contribution in [0.1, 0.15) is 23.9 Å². The number of hydrogen-bond donors (Lipinski definition) is 1. The molecule has 0 bridgehead atoms. The van der Waals surface area contributed by atoms with E-state index in [1.165, 1.54) is 20.2 Å². The first-order chi connectivity index (χ1) is 16.0. The van der Waals surface area contributed by atoms with Crippen LogP contribution in [-0.2, 0) is 14.8 Å². The lowest BCUT2D eigenvalue weighted by atomic mass is 10.2. The number of benzene rings is 2. The first-order valence-electron chi connectivity index (χ1n) is 10.4. The predicted octanol–water partition coefficient (Wildman–Crippen LogP) is 4.06. The summed E-state index contributed by atoms with van der Waals surface area (Å²) in [5.74, 6) is 0.00965. The van der Waals surface area contributed by atoms with Gasteiger partial charge in [0.25, 0.3) is 5.91 Å². The van der Waals surface area contributed by atoms with Crippen LogP contribution in [0, 0.1) is 13.8 Å². The Hall–Kier alpha value is -3.30. The molecule has 0 aliphatic rings. The lowest BCUT2D eigenvalue weighted by molar-refractivity contribution is -0.121. The molecule has 1 amide bonds. The third kappa shape index (κ3) is 5.60. The molecule has 0 radical (unpaired) electrons. The number of aryl methyl sites for hydroxylation is 1. The fraction of sp³-hybridized carbons (Fsp3) is 0.250. The molecule has 0 spiro atoms. The maximum Gasteiger partial charge on any atom is 0.263 e. The summed E-state index contributed by atoms with van der Waals surface area (Å²) in [6.07, 6.45) is 2.58. The zero-order valence-corrected chi connectivity index (χ0v) is 21.2. The molecule has 10 heteroatoms. The van der Waals surface area contributed by atoms with Gasteiger partial charge in [0.15, 0.2) is 0 Å². The highest BCUT2D eigenvalue weighted by molar-refractivity contribution is 7.92. The number of aromatic nitrogens is 1. The summed E-state index contributed by atoms with van der Waals surface area (Å²) in [6, 6.07) is 14.8. The van der Waals surface area contributed by atoms with Gasteiger partial charge in [0, 0.05) is 27.7 Å². The van der Waals surface area contributed by atoms with E-state index in [1.807, 2.05) is 48.7 Å². The maximum absolute atomic E-state index is 12.8. The van der Waals surface area contributed by atoms with Gasteiger partial charge in [0.05, 0.1) is 25.3 Å². The van der Waals surface area contributed by atoms with Crippen LogP contribution in [-0.4, -0.2) is 44.5 Å². The van der Waals surface area contributed by atoms with Crippen molar-refractivity contribution in [2.75, 3.05) is 17.7 Å². The van der Waals surface area contributed by atoms with Gasteiger partial charge in [-0.25, -0.2) is 13.8 Å². The van der Waals surface area contributed by atoms with Gasteiger partial charge in [-0.05, 0) is 69.3 Å². The number of halogens is 1. The van der Waals surface area contributed by atoms with Crippen LogP contribution in [0.25, 0.3) is 5.69 Å². The highest BCUT2D eigenvalue weighted by atomic mass is 35.5. The van der Waals surface area contributed by atoms with E-state index in [9.17, 15) is 13.2 Å². The molecule has 1 heterocycles. The summed E-state index contributed by atoms with van der Waals surface area (Å²) >= 11 is 6.13. The molecule has 180 valence electrons. The van der Waals surface area contributed by atoms with Crippen molar-refractivity contribution >= 4 is 39.4 Å². The molecular weight excluding hydrogens is 476 g/mol. The molecular formula is C24H27ClN4O4S. The van der Waals surface area contributed by atoms with Gasteiger partial charge in [-0.2, -0.15) is 5.10 Å². The smallest absolute Gasteiger partial charge is 0.263 e. The minimum atomic E-state index is -3.74. The van der Waals surface area contributed by atoms with E-state index in [-0.39, 0.29) is 0 Å². The lowest BCUT2D eigenvalue weighted by Crippen LogP contribution is -2.46. The maximum atomic E-state index is 12.8. The number of hydrazone groups is 1. The zero-order valence-electron chi connectivity index (χ0n) is 19.6. The highest BCUT2D eigenvalue weighted by Gasteiger charge is 2.29. The standard InChI is InChI=1S/C24H27ClN4O4S/c1-16-13-19(17(2)28(16)22-8-6-7-20(25)14-22)15-26-27-24(30)18(3)29(34(5,31)32)21-9-11-23(33-4)12-10-21/h6-15,18H,1-5H3,(H,27,30)/b26-15+. The summed E-state index contributed by atoms with van der Waals surface area (Å²) in [7, 11) is -2.22. The molecule has 0 saturated carbocycles. The minimum Gasteiger partial charge on any atom is -0.497 e. The van der Waals surface area contributed by atoms with Gasteiger partial charge < -0.3 is 9.30 Å². The van der Waals surface area contributed by atoms with Crippen LogP contribution in [0.4, 0.5) is 5.69 Å². The van der Waals surface area contributed by atoms with Gasteiger partial charge in [-0.3, -0.25) is 9.10 Å². The van der Waals surface area contributed by atoms with Gasteiger partial charge in [0.1, 0.15) is 11.8 Å². The molecule has 8 nitrogen and oxygen atoms in total. The monoisotopic (exact) mass is 502 g/mol. The van der Waals surface area contributed by atoms with E-state index in [0.717, 1.165) is 33.2 Å². The van der Waals surface area contributed by atoms with Crippen LogP contribution in [0.5, 0.6) is 5.75 Å². The quantitative estimate of drug-likeness (QED) is 0.371. The van der Waals surface area contributed by atoms with E-state index in [0.29, 0.717) is 16.5 Å². The van der Waals surface area contributed by atoms with E-state index >= 15 is 0 Å². The van der Waals surface area contributed by atoms with Crippen molar-refractivity contribution in [1.82, 2.24) is 9.99 Å². The molecule has 1 N–H and O–H groups in total. The largest absolute Gasteiger partial charge is 0.497 e. The molecule has 0 aliphatic carbocycles. The number of hydrogen-bond acceptors (Lipinski definition) is 5. The SMILES string of the molecule is COc1ccc(N(C(C)C(=O)N/N=C/c2cc(C)n(-c3cccc(Cl)c3)c2C)S(C)(=O)=O)cc1. The van der Waals surface area contributed by atoms with Crippen molar-refractivity contribution < 1.29 is 17.9 Å². The molecule has 1 atom stereocenters. The van der Waals surface area contributed by atoms with Crippen molar-refractivity contribution in [3.63, 3.8) is 0 Å². The van der Waals surface area contributed by atoms with Crippen LogP contribution >= 0.6 is 11.6 Å². The fourth-order valence-corrected chi connectivity index (χ4v) is 5.09. The second-order valence-corrected chi connectivity index (χ2v) is 10.1. The average Bonchev–Trinajstić information content (AvgIpc) is 3.06. The fourth-order valence-electron chi connectivity index (χ4n) is 3.73. The number of sulfonamides is 1. The van der Waals surface area contributed by atoms with E-state index in [4.69, 9.17) is 16.3 Å². The molecule has 2 aromatic carbocycles. The lowest BCUT2D eigenvalue weighted by Gasteiger charge is -2.27. The summed E-state index contributed by atoms with van der Waals surface area (Å²) in [4.78, 5) is 12.8. The summed E-state index contributed by atoms with van der Waals surface area (Å²) in [5.41, 5.74) is 6.42. The Morgan fingerprint density at radius 3 is 2.44 bits per heavy atom. The number of nitrogens with zero attached hydrogens (tertiary/aromatic N) is 3. The third-order valence-corrected chi connectivity index (χ3v) is 6.81. The zero-order chi connectivity index (χ0) is 25.0. The van der Waals surface area contributed by atoms with Crippen LogP contribution in [0.15, 0.2) is 59.7 Å². The van der Waals surface area contributed by atoms with Crippen molar-refractivity contribution in [1.29, 1.82) is 0 Å². The van der Waals surface area contributed by atoms with E-state index in [1.54, 1.807) is 24.3 Å². The molecule has 3 aromatic rings. The number of nitrogens with one attached hydrogen (secondary N) is 1. The summed E-state index contributed by atoms with van der Waals surface area (Å²) < 4.78 is 33.1. The topological polar surface area (TPSA) is 93.0 Å². The number of rotatable bonds is 8. The molecule has 0 aliphatic heterocycles. The Balaban J connectivity index is 1.79. The highest BCUT2D eigenvalue weighted by Crippen LogP contribution is 2.24. The normalized spacial score (nSPS) is 12.5. The predicted molar refractivity (Wildman–Crippen MR) is 136 cm³/mol. The molecule has 0 saturated heterocycles. The van der Waals surface area contributed by atoms with Crippen LogP contribution in [0.3, 0.4) is 0 Å². The van der Waals surface area contributed by atoms with Crippen LogP contribution in [0.2, 0.25) is 5.02 Å². The summed E-state index contributed by atoms with van der Waals surface area (Å²) in [6.45, 7) is 5.40. The third-order valence-electron chi connectivity index (χ3n) is 5.33. The molecule has 34 heavy (non-hydrogen) atoms. The number of carbonyl (C=O) groups is 1. The van der Waals surface area contributed by atoms with E-state index in [2.05, 4.69) is 10.5 Å². The second-order valence-electron chi connectivity index (χ2n) is 7.81. The van der Waals surface area contributed by atoms with Gasteiger partial charge in [-0.15, -0.1) is 0 Å².